The van der Waals surface area contributed by atoms with E-state index >= 15 is 0 Å². The topological polar surface area (TPSA) is 42.0 Å². The Bertz CT molecular complexity index is 892. The van der Waals surface area contributed by atoms with Crippen molar-refractivity contribution in [2.45, 2.75) is 19.1 Å². The minimum absolute atomic E-state index is 0.110. The highest BCUT2D eigenvalue weighted by molar-refractivity contribution is 7.08. The molecule has 7 heteroatoms. The number of amides is 1. The molecule has 0 unspecified atom stereocenters. The number of thiophene rings is 1. The molecule has 3 rings (SSSR count). The number of benzene rings is 1. The number of hydrogen-bond donors (Lipinski definition) is 1. The Morgan fingerprint density at radius 2 is 1.92 bits per heavy atom. The molecule has 0 aliphatic heterocycles. The molecule has 3 nitrogen and oxygen atoms in total. The molecule has 0 atom stereocenters. The predicted octanol–water partition coefficient (Wildman–Crippen LogP) is 4.69. The molecule has 0 radical (unpaired) electrons. The van der Waals surface area contributed by atoms with Gasteiger partial charge in [-0.25, -0.2) is 0 Å². The highest BCUT2D eigenvalue weighted by Gasteiger charge is 2.30. The normalized spacial score (nSPS) is 11.3. The van der Waals surface area contributed by atoms with E-state index in [1.807, 2.05) is 22.9 Å². The van der Waals surface area contributed by atoms with Crippen molar-refractivity contribution in [3.05, 3.63) is 76.2 Å². The number of hydrogen-bond acceptors (Lipinski definition) is 3. The molecule has 0 saturated heterocycles. The van der Waals surface area contributed by atoms with Crippen molar-refractivity contribution in [2.75, 3.05) is 0 Å². The van der Waals surface area contributed by atoms with Crippen LogP contribution in [-0.4, -0.2) is 10.9 Å². The molecule has 0 bridgehead atoms. The number of aromatic nitrogens is 1. The Labute approximate surface area is 152 Å². The van der Waals surface area contributed by atoms with Gasteiger partial charge in [0.25, 0.3) is 0 Å². The summed E-state index contributed by atoms with van der Waals surface area (Å²) in [6, 6.07) is 8.71. The van der Waals surface area contributed by atoms with Gasteiger partial charge >= 0.3 is 6.18 Å². The summed E-state index contributed by atoms with van der Waals surface area (Å²) < 4.78 is 38.2. The third-order valence-electron chi connectivity index (χ3n) is 3.76. The van der Waals surface area contributed by atoms with Gasteiger partial charge in [0.2, 0.25) is 5.91 Å². The first-order valence-corrected chi connectivity index (χ1v) is 8.75. The molecular weight excluding hydrogens is 361 g/mol. The van der Waals surface area contributed by atoms with Gasteiger partial charge in [-0.05, 0) is 45.6 Å². The van der Waals surface area contributed by atoms with E-state index < -0.39 is 11.7 Å². The van der Waals surface area contributed by atoms with Crippen LogP contribution >= 0.6 is 11.3 Å². The maximum Gasteiger partial charge on any atom is 0.416 e. The van der Waals surface area contributed by atoms with E-state index in [0.29, 0.717) is 5.56 Å². The lowest BCUT2D eigenvalue weighted by Crippen LogP contribution is -2.24. The fraction of sp³-hybridized carbons (Fsp3) is 0.158. The van der Waals surface area contributed by atoms with Gasteiger partial charge in [0.1, 0.15) is 0 Å². The minimum Gasteiger partial charge on any atom is -0.352 e. The Kier molecular flexibility index (Phi) is 5.37. The molecule has 134 valence electrons. The summed E-state index contributed by atoms with van der Waals surface area (Å²) >= 11 is 1.58. The number of nitrogens with one attached hydrogen (secondary N) is 1. The molecule has 0 aliphatic carbocycles. The van der Waals surface area contributed by atoms with Crippen molar-refractivity contribution in [3.8, 4) is 11.1 Å². The first-order chi connectivity index (χ1) is 12.4. The summed E-state index contributed by atoms with van der Waals surface area (Å²) in [5.41, 5.74) is 2.40. The zero-order valence-corrected chi connectivity index (χ0v) is 14.4. The van der Waals surface area contributed by atoms with Crippen LogP contribution in [-0.2, 0) is 23.9 Å². The van der Waals surface area contributed by atoms with Gasteiger partial charge in [-0.1, -0.05) is 18.2 Å². The zero-order valence-electron chi connectivity index (χ0n) is 13.6. The monoisotopic (exact) mass is 376 g/mol. The van der Waals surface area contributed by atoms with Crippen LogP contribution in [0.15, 0.2) is 59.6 Å². The van der Waals surface area contributed by atoms with Crippen LogP contribution in [0.3, 0.4) is 0 Å². The number of pyridine rings is 1. The van der Waals surface area contributed by atoms with Crippen LogP contribution in [0.25, 0.3) is 11.1 Å². The third-order valence-corrected chi connectivity index (χ3v) is 4.44. The lowest BCUT2D eigenvalue weighted by molar-refractivity contribution is -0.137. The Morgan fingerprint density at radius 1 is 1.08 bits per heavy atom. The number of carbonyl (C=O) groups excluding carboxylic acids is 1. The van der Waals surface area contributed by atoms with E-state index in [4.69, 9.17) is 0 Å². The van der Waals surface area contributed by atoms with Crippen LogP contribution < -0.4 is 5.32 Å². The number of rotatable bonds is 5. The second-order valence-electron chi connectivity index (χ2n) is 5.75. The summed E-state index contributed by atoms with van der Waals surface area (Å²) in [6.07, 6.45) is -1.13. The molecule has 0 spiro atoms. The summed E-state index contributed by atoms with van der Waals surface area (Å²) in [5.74, 6) is -0.342. The lowest BCUT2D eigenvalue weighted by Gasteiger charge is -2.09. The van der Waals surface area contributed by atoms with Crippen molar-refractivity contribution in [2.24, 2.45) is 0 Å². The summed E-state index contributed by atoms with van der Waals surface area (Å²) in [5, 5.41) is 6.70. The minimum atomic E-state index is -4.42. The predicted molar refractivity (Wildman–Crippen MR) is 94.5 cm³/mol. The van der Waals surface area contributed by atoms with Crippen LogP contribution in [0.1, 0.15) is 16.7 Å². The standard InChI is InChI=1S/C19H15F3N2OS/c20-19(21,22)17-3-1-2-13(7-17)8-18(25)24-10-14-6-16(11-23-9-14)15-4-5-26-12-15/h1-7,9,11-12H,8,10H2,(H,24,25). The van der Waals surface area contributed by atoms with Crippen LogP contribution in [0, 0.1) is 0 Å². The van der Waals surface area contributed by atoms with E-state index in [9.17, 15) is 18.0 Å². The van der Waals surface area contributed by atoms with Gasteiger partial charge in [-0.3, -0.25) is 9.78 Å². The Hall–Kier alpha value is -2.67. The molecule has 3 aromatic rings. The van der Waals surface area contributed by atoms with Crippen molar-refractivity contribution in [3.63, 3.8) is 0 Å². The summed E-state index contributed by atoms with van der Waals surface area (Å²) in [6.45, 7) is 0.267. The smallest absolute Gasteiger partial charge is 0.352 e. The Morgan fingerprint density at radius 3 is 2.65 bits per heavy atom. The maximum atomic E-state index is 12.7. The van der Waals surface area contributed by atoms with Crippen molar-refractivity contribution >= 4 is 17.2 Å². The van der Waals surface area contributed by atoms with E-state index in [1.165, 1.54) is 12.1 Å². The molecule has 1 amide bonds. The van der Waals surface area contributed by atoms with Gasteiger partial charge in [-0.2, -0.15) is 24.5 Å². The SMILES string of the molecule is O=C(Cc1cccc(C(F)(F)F)c1)NCc1cncc(-c2ccsc2)c1. The first-order valence-electron chi connectivity index (χ1n) is 7.81. The lowest BCUT2D eigenvalue weighted by atomic mass is 10.1. The van der Waals surface area contributed by atoms with Gasteiger partial charge in [0.15, 0.2) is 0 Å². The molecule has 1 aromatic carbocycles. The second-order valence-corrected chi connectivity index (χ2v) is 6.53. The molecular formula is C19H15F3N2OS. The molecule has 0 aliphatic rings. The number of nitrogens with zero attached hydrogens (tertiary/aromatic N) is 1. The number of alkyl halides is 3. The molecule has 2 heterocycles. The second kappa shape index (κ2) is 7.70. The average Bonchev–Trinajstić information content (AvgIpc) is 3.14. The van der Waals surface area contributed by atoms with Crippen LogP contribution in [0.2, 0.25) is 0 Å². The quantitative estimate of drug-likeness (QED) is 0.702. The van der Waals surface area contributed by atoms with Crippen molar-refractivity contribution in [1.82, 2.24) is 10.3 Å². The molecule has 0 saturated carbocycles. The largest absolute Gasteiger partial charge is 0.416 e. The highest BCUT2D eigenvalue weighted by Crippen LogP contribution is 2.29. The van der Waals surface area contributed by atoms with E-state index in [0.717, 1.165) is 28.8 Å². The van der Waals surface area contributed by atoms with E-state index in [1.54, 1.807) is 23.7 Å². The van der Waals surface area contributed by atoms with Gasteiger partial charge in [-0.15, -0.1) is 0 Å². The number of carbonyl (C=O) groups is 1. The van der Waals surface area contributed by atoms with Crippen molar-refractivity contribution < 1.29 is 18.0 Å². The highest BCUT2D eigenvalue weighted by atomic mass is 32.1. The van der Waals surface area contributed by atoms with Gasteiger partial charge in [0, 0.05) is 24.5 Å². The Balaban J connectivity index is 1.60. The molecule has 0 fully saturated rings. The first kappa shape index (κ1) is 18.1. The van der Waals surface area contributed by atoms with Gasteiger partial charge in [0.05, 0.1) is 12.0 Å². The van der Waals surface area contributed by atoms with Gasteiger partial charge < -0.3 is 5.32 Å². The molecule has 26 heavy (non-hydrogen) atoms. The maximum absolute atomic E-state index is 12.7. The third kappa shape index (κ3) is 4.70. The van der Waals surface area contributed by atoms with Crippen LogP contribution in [0.4, 0.5) is 13.2 Å². The number of halogens is 3. The zero-order chi connectivity index (χ0) is 18.6. The average molecular weight is 376 g/mol. The van der Waals surface area contributed by atoms with E-state index in [2.05, 4.69) is 10.3 Å². The molecule has 2 aromatic heterocycles. The van der Waals surface area contributed by atoms with Crippen molar-refractivity contribution in [1.29, 1.82) is 0 Å². The fourth-order valence-corrected chi connectivity index (χ4v) is 3.14. The molecule has 1 N–H and O–H groups in total. The summed E-state index contributed by atoms with van der Waals surface area (Å²) in [7, 11) is 0. The van der Waals surface area contributed by atoms with E-state index in [-0.39, 0.29) is 18.9 Å². The fourth-order valence-electron chi connectivity index (χ4n) is 2.48. The van der Waals surface area contributed by atoms with Crippen LogP contribution in [0.5, 0.6) is 0 Å². The summed E-state index contributed by atoms with van der Waals surface area (Å²) in [4.78, 5) is 16.2.